The number of carbonyl (C=O) groups is 1. The Hall–Kier alpha value is -1.09. The topological polar surface area (TPSA) is 34.9 Å². The fraction of sp³-hybridized carbons (Fsp3) is 0. The first-order chi connectivity index (χ1) is 7.33. The van der Waals surface area contributed by atoms with Crippen LogP contribution in [-0.4, -0.2) is 29.5 Å². The predicted octanol–water partition coefficient (Wildman–Crippen LogP) is 1.05. The number of nitrogens with zero attached hydrogens (tertiary/aromatic N) is 2. The van der Waals surface area contributed by atoms with Crippen LogP contribution in [0.1, 0.15) is 10.4 Å². The Balaban J connectivity index is 2.42. The summed E-state index contributed by atoms with van der Waals surface area (Å²) in [6.45, 7) is 0. The molecule has 1 heterocycles. The molecule has 0 amide bonds. The van der Waals surface area contributed by atoms with Gasteiger partial charge in [-0.05, 0) is 0 Å². The fourth-order valence-electron chi connectivity index (χ4n) is 1.23. The molecule has 0 N–H and O–H groups in total. The molecule has 0 atom stereocenters. The van der Waals surface area contributed by atoms with Crippen molar-refractivity contribution < 1.29 is 4.79 Å². The van der Waals surface area contributed by atoms with Crippen molar-refractivity contribution in [1.29, 1.82) is 0 Å². The number of halogens is 1. The zero-order chi connectivity index (χ0) is 10.7. The van der Waals surface area contributed by atoms with Crippen LogP contribution < -0.4 is 4.46 Å². The van der Waals surface area contributed by atoms with Crippen molar-refractivity contribution in [3.05, 3.63) is 48.5 Å². The van der Waals surface area contributed by atoms with E-state index in [1.165, 1.54) is 10.9 Å². The predicted molar refractivity (Wildman–Crippen MR) is 59.6 cm³/mol. The molecular formula is C10H7ClN2OSe. The third-order valence-electron chi connectivity index (χ3n) is 1.94. The van der Waals surface area contributed by atoms with Crippen LogP contribution in [0.2, 0.25) is 0 Å². The normalized spacial score (nSPS) is 10.2. The van der Waals surface area contributed by atoms with E-state index in [9.17, 15) is 4.79 Å². The summed E-state index contributed by atoms with van der Waals surface area (Å²) in [5.41, 5.74) is 0.644. The average Bonchev–Trinajstić information content (AvgIpc) is 2.81. The number of carbonyl (C=O) groups excluding carboxylic acids is 1. The average molecular weight is 286 g/mol. The van der Waals surface area contributed by atoms with Crippen molar-refractivity contribution in [2.45, 2.75) is 0 Å². The van der Waals surface area contributed by atoms with Crippen molar-refractivity contribution in [3.63, 3.8) is 0 Å². The molecule has 0 aliphatic heterocycles. The van der Waals surface area contributed by atoms with Crippen LogP contribution in [0.5, 0.6) is 0 Å². The number of aromatic nitrogens is 2. The summed E-state index contributed by atoms with van der Waals surface area (Å²) >= 11 is -0.202. The van der Waals surface area contributed by atoms with E-state index in [1.54, 1.807) is 18.5 Å². The third-order valence-corrected chi connectivity index (χ3v) is 3.90. The first-order valence-electron chi connectivity index (χ1n) is 4.23. The zero-order valence-electron chi connectivity index (χ0n) is 7.63. The maximum absolute atomic E-state index is 12.0. The van der Waals surface area contributed by atoms with Gasteiger partial charge in [0.1, 0.15) is 0 Å². The molecule has 0 saturated carbocycles. The Labute approximate surface area is 97.5 Å². The molecule has 76 valence electrons. The van der Waals surface area contributed by atoms with Gasteiger partial charge in [0.2, 0.25) is 0 Å². The van der Waals surface area contributed by atoms with Crippen LogP contribution >= 0.6 is 10.1 Å². The SMILES string of the molecule is O=C(c1ccccc1[Se]Cl)n1ccnc1. The molecule has 0 saturated heterocycles. The molecule has 0 aliphatic carbocycles. The van der Waals surface area contributed by atoms with Crippen molar-refractivity contribution in [2.24, 2.45) is 0 Å². The van der Waals surface area contributed by atoms with Gasteiger partial charge in [0, 0.05) is 0 Å². The van der Waals surface area contributed by atoms with Gasteiger partial charge in [-0.15, -0.1) is 0 Å². The standard InChI is InChI=1S/C10H7ClN2OSe/c11-15-9-4-2-1-3-8(9)10(14)13-6-5-12-7-13/h1-7H. The van der Waals surface area contributed by atoms with Crippen LogP contribution in [-0.2, 0) is 0 Å². The molecule has 1 aromatic carbocycles. The number of hydrogen-bond acceptors (Lipinski definition) is 2. The Morgan fingerprint density at radius 2 is 2.20 bits per heavy atom. The minimum absolute atomic E-state index is 0.0920. The number of imidazole rings is 1. The van der Waals surface area contributed by atoms with E-state index in [0.717, 1.165) is 4.46 Å². The van der Waals surface area contributed by atoms with Gasteiger partial charge in [-0.1, -0.05) is 0 Å². The number of hydrogen-bond donors (Lipinski definition) is 0. The second-order valence-corrected chi connectivity index (χ2v) is 4.90. The van der Waals surface area contributed by atoms with Crippen molar-refractivity contribution in [2.75, 3.05) is 0 Å². The van der Waals surface area contributed by atoms with Crippen molar-refractivity contribution in [1.82, 2.24) is 9.55 Å². The number of benzene rings is 1. The van der Waals surface area contributed by atoms with Gasteiger partial charge in [0.25, 0.3) is 0 Å². The van der Waals surface area contributed by atoms with E-state index in [1.807, 2.05) is 18.2 Å². The van der Waals surface area contributed by atoms with Gasteiger partial charge in [0.05, 0.1) is 0 Å². The van der Waals surface area contributed by atoms with E-state index in [4.69, 9.17) is 10.1 Å². The van der Waals surface area contributed by atoms with Crippen LogP contribution in [0.15, 0.2) is 43.0 Å². The van der Waals surface area contributed by atoms with Crippen molar-refractivity contribution in [3.8, 4) is 0 Å². The summed E-state index contributed by atoms with van der Waals surface area (Å²) in [4.78, 5) is 15.8. The summed E-state index contributed by atoms with van der Waals surface area (Å²) in [6.07, 6.45) is 4.69. The molecule has 0 bridgehead atoms. The molecule has 0 unspecified atom stereocenters. The van der Waals surface area contributed by atoms with Gasteiger partial charge in [-0.3, -0.25) is 0 Å². The van der Waals surface area contributed by atoms with Gasteiger partial charge in [0.15, 0.2) is 0 Å². The molecule has 1 aromatic heterocycles. The zero-order valence-corrected chi connectivity index (χ0v) is 10.1. The molecule has 0 radical (unpaired) electrons. The van der Waals surface area contributed by atoms with E-state index in [2.05, 4.69) is 4.98 Å². The molecule has 0 fully saturated rings. The summed E-state index contributed by atoms with van der Waals surface area (Å²) in [7, 11) is 5.82. The molecule has 2 aromatic rings. The molecule has 3 nitrogen and oxygen atoms in total. The summed E-state index contributed by atoms with van der Waals surface area (Å²) < 4.78 is 2.34. The van der Waals surface area contributed by atoms with Crippen LogP contribution in [0.3, 0.4) is 0 Å². The molecule has 5 heteroatoms. The third kappa shape index (κ3) is 2.12. The summed E-state index contributed by atoms with van der Waals surface area (Å²) in [5, 5.41) is 0. The molecule has 2 rings (SSSR count). The number of rotatable bonds is 2. The van der Waals surface area contributed by atoms with E-state index < -0.39 is 0 Å². The molecular weight excluding hydrogens is 279 g/mol. The summed E-state index contributed by atoms with van der Waals surface area (Å²) in [5.74, 6) is -0.0920. The maximum atomic E-state index is 12.0. The quantitative estimate of drug-likeness (QED) is 0.773. The second kappa shape index (κ2) is 4.62. The van der Waals surface area contributed by atoms with Crippen LogP contribution in [0.4, 0.5) is 0 Å². The second-order valence-electron chi connectivity index (χ2n) is 2.85. The molecule has 15 heavy (non-hydrogen) atoms. The first-order valence-corrected chi connectivity index (χ1v) is 7.34. The van der Waals surface area contributed by atoms with Gasteiger partial charge in [-0.25, -0.2) is 0 Å². The van der Waals surface area contributed by atoms with Gasteiger partial charge >= 0.3 is 97.4 Å². The minimum atomic E-state index is -0.202. The summed E-state index contributed by atoms with van der Waals surface area (Å²) in [6, 6.07) is 7.36. The fourth-order valence-corrected chi connectivity index (χ4v) is 2.70. The van der Waals surface area contributed by atoms with Crippen molar-refractivity contribution >= 4 is 34.5 Å². The van der Waals surface area contributed by atoms with E-state index >= 15 is 0 Å². The van der Waals surface area contributed by atoms with E-state index in [-0.39, 0.29) is 20.0 Å². The Bertz CT molecular complexity index is 470. The monoisotopic (exact) mass is 286 g/mol. The van der Waals surface area contributed by atoms with E-state index in [0.29, 0.717) is 5.56 Å². The molecule has 0 aliphatic rings. The Morgan fingerprint density at radius 1 is 1.40 bits per heavy atom. The van der Waals surface area contributed by atoms with Crippen LogP contribution in [0.25, 0.3) is 0 Å². The first kappa shape index (κ1) is 10.4. The Kier molecular flexibility index (Phi) is 3.21. The Morgan fingerprint density at radius 3 is 2.87 bits per heavy atom. The van der Waals surface area contributed by atoms with Gasteiger partial charge in [-0.2, -0.15) is 0 Å². The molecule has 0 spiro atoms. The van der Waals surface area contributed by atoms with Gasteiger partial charge < -0.3 is 0 Å². The van der Waals surface area contributed by atoms with Crippen LogP contribution in [0, 0.1) is 0 Å².